The molecule has 0 aromatic carbocycles. The second-order valence-electron chi connectivity index (χ2n) is 9.60. The molecule has 0 spiro atoms. The van der Waals surface area contributed by atoms with Crippen LogP contribution in [0.15, 0.2) is 60.8 Å². The van der Waals surface area contributed by atoms with Gasteiger partial charge in [0.05, 0.1) is 16.2 Å². The molecule has 0 N–H and O–H groups in total. The fourth-order valence-corrected chi connectivity index (χ4v) is 7.87. The third kappa shape index (κ3) is 4.03. The van der Waals surface area contributed by atoms with E-state index in [4.69, 9.17) is 14.6 Å². The summed E-state index contributed by atoms with van der Waals surface area (Å²) in [6.45, 7) is 3.21. The van der Waals surface area contributed by atoms with Gasteiger partial charge in [-0.05, 0) is 63.0 Å². The third-order valence-corrected chi connectivity index (χ3v) is 11.5. The van der Waals surface area contributed by atoms with Gasteiger partial charge in [-0.25, -0.2) is 17.4 Å². The topological polar surface area (TPSA) is 88.2 Å². The van der Waals surface area contributed by atoms with Crippen molar-refractivity contribution >= 4 is 43.6 Å². The molecule has 2 fully saturated rings. The third-order valence-electron chi connectivity index (χ3n) is 7.15. The van der Waals surface area contributed by atoms with Gasteiger partial charge >= 0.3 is 0 Å². The number of ether oxygens (including phenoxy) is 2. The molecular weight excluding hydrogens is 579 g/mol. The zero-order chi connectivity index (χ0) is 24.2. The Balaban J connectivity index is 1.29. The van der Waals surface area contributed by atoms with Crippen LogP contribution in [0.2, 0.25) is 0 Å². The molecule has 4 heterocycles. The summed E-state index contributed by atoms with van der Waals surface area (Å²) < 4.78 is 41.3. The Morgan fingerprint density at radius 1 is 1.20 bits per heavy atom. The summed E-state index contributed by atoms with van der Waals surface area (Å²) in [6.07, 6.45) is 14.7. The minimum atomic E-state index is -3.79. The van der Waals surface area contributed by atoms with E-state index in [2.05, 4.69) is 27.6 Å². The lowest BCUT2D eigenvalue weighted by atomic mass is 9.96. The van der Waals surface area contributed by atoms with E-state index in [-0.39, 0.29) is 3.92 Å². The molecule has 6 rings (SSSR count). The second kappa shape index (κ2) is 8.74. The minimum Gasteiger partial charge on any atom is -0.454 e. The molecule has 2 unspecified atom stereocenters. The first-order chi connectivity index (χ1) is 16.9. The van der Waals surface area contributed by atoms with Crippen LogP contribution in [0.25, 0.3) is 11.0 Å². The molecule has 0 radical (unpaired) electrons. The standard InChI is InChI=1S/C25H27IN4O4S/c1-25(35(31,32)30-12-7-18-3-2-11-27-24(18)30)10-6-20(15-22(25)26)34-21-16-29(19-4-5-19)28-23(21)17-8-13-33-14-9-17/h2-3,6-7,10-12,15-17,19,22H,4-5,8-9,13-14H2,1H3. The number of halogens is 1. The molecule has 35 heavy (non-hydrogen) atoms. The van der Waals surface area contributed by atoms with Crippen LogP contribution in [0.5, 0.6) is 5.75 Å². The Labute approximate surface area is 218 Å². The van der Waals surface area contributed by atoms with Crippen LogP contribution in [0.4, 0.5) is 0 Å². The molecule has 10 heteroatoms. The maximum absolute atomic E-state index is 13.8. The largest absolute Gasteiger partial charge is 0.454 e. The molecule has 1 aliphatic heterocycles. The van der Waals surface area contributed by atoms with Gasteiger partial charge in [0.15, 0.2) is 11.4 Å². The summed E-state index contributed by atoms with van der Waals surface area (Å²) in [7, 11) is -3.79. The number of pyridine rings is 1. The highest BCUT2D eigenvalue weighted by Gasteiger charge is 2.46. The number of hydrogen-bond acceptors (Lipinski definition) is 6. The number of aromatic nitrogens is 4. The summed E-state index contributed by atoms with van der Waals surface area (Å²) >= 11 is 2.19. The maximum atomic E-state index is 13.8. The quantitative estimate of drug-likeness (QED) is 0.298. The van der Waals surface area contributed by atoms with E-state index in [9.17, 15) is 8.42 Å². The van der Waals surface area contributed by atoms with Gasteiger partial charge < -0.3 is 9.47 Å². The van der Waals surface area contributed by atoms with Crippen LogP contribution in [0, 0.1) is 0 Å². The Kier molecular flexibility index (Phi) is 5.80. The molecule has 1 saturated carbocycles. The number of alkyl halides is 1. The van der Waals surface area contributed by atoms with E-state index in [0.717, 1.165) is 55.7 Å². The molecule has 0 amide bonds. The number of nitrogens with zero attached hydrogens (tertiary/aromatic N) is 4. The van der Waals surface area contributed by atoms with E-state index in [1.54, 1.807) is 43.6 Å². The summed E-state index contributed by atoms with van der Waals surface area (Å²) in [5.74, 6) is 1.70. The number of fused-ring (bicyclic) bond motifs is 1. The molecule has 3 aliphatic rings. The lowest BCUT2D eigenvalue weighted by Crippen LogP contribution is -2.45. The highest BCUT2D eigenvalue weighted by Crippen LogP contribution is 2.41. The average molecular weight is 606 g/mol. The van der Waals surface area contributed by atoms with E-state index in [1.807, 2.05) is 23.0 Å². The van der Waals surface area contributed by atoms with E-state index in [0.29, 0.717) is 23.4 Å². The molecule has 184 valence electrons. The molecule has 8 nitrogen and oxygen atoms in total. The van der Waals surface area contributed by atoms with Gasteiger partial charge in [0.1, 0.15) is 16.2 Å². The van der Waals surface area contributed by atoms with Gasteiger partial charge in [-0.2, -0.15) is 5.10 Å². The molecule has 1 saturated heterocycles. The summed E-state index contributed by atoms with van der Waals surface area (Å²) in [5, 5.41) is 5.68. The Hall–Kier alpha value is -2.18. The smallest absolute Gasteiger partial charge is 0.250 e. The Bertz CT molecular complexity index is 1430. The van der Waals surface area contributed by atoms with Crippen molar-refractivity contribution in [2.24, 2.45) is 0 Å². The monoisotopic (exact) mass is 606 g/mol. The summed E-state index contributed by atoms with van der Waals surface area (Å²) in [5.41, 5.74) is 1.41. The lowest BCUT2D eigenvalue weighted by molar-refractivity contribution is 0.0839. The number of rotatable bonds is 6. The minimum absolute atomic E-state index is 0.308. The maximum Gasteiger partial charge on any atom is 0.250 e. The van der Waals surface area contributed by atoms with Crippen LogP contribution in [0.1, 0.15) is 50.3 Å². The fourth-order valence-electron chi connectivity index (χ4n) is 4.72. The van der Waals surface area contributed by atoms with Crippen LogP contribution in [-0.4, -0.2) is 49.0 Å². The molecule has 2 aliphatic carbocycles. The molecule has 0 bridgehead atoms. The molecular formula is C25H27IN4O4S. The number of allylic oxidation sites excluding steroid dienone is 2. The van der Waals surface area contributed by atoms with Crippen LogP contribution in [-0.2, 0) is 14.8 Å². The zero-order valence-electron chi connectivity index (χ0n) is 19.4. The van der Waals surface area contributed by atoms with Crippen LogP contribution < -0.4 is 4.74 Å². The van der Waals surface area contributed by atoms with Crippen LogP contribution in [0.3, 0.4) is 0 Å². The van der Waals surface area contributed by atoms with Gasteiger partial charge in [-0.3, -0.25) is 4.68 Å². The highest BCUT2D eigenvalue weighted by atomic mass is 127. The Morgan fingerprint density at radius 3 is 2.74 bits per heavy atom. The predicted octanol–water partition coefficient (Wildman–Crippen LogP) is 4.73. The zero-order valence-corrected chi connectivity index (χ0v) is 22.4. The van der Waals surface area contributed by atoms with Gasteiger partial charge in [-0.1, -0.05) is 28.7 Å². The second-order valence-corrected chi connectivity index (χ2v) is 13.2. The molecule has 3 aromatic rings. The van der Waals surface area contributed by atoms with Crippen molar-refractivity contribution in [2.45, 2.75) is 53.2 Å². The average Bonchev–Trinajstić information content (AvgIpc) is 3.48. The first-order valence-electron chi connectivity index (χ1n) is 11.9. The first kappa shape index (κ1) is 23.2. The first-order valence-corrected chi connectivity index (χ1v) is 14.6. The fraction of sp³-hybridized carbons (Fsp3) is 0.440. The van der Waals surface area contributed by atoms with Crippen molar-refractivity contribution in [2.75, 3.05) is 13.2 Å². The van der Waals surface area contributed by atoms with E-state index >= 15 is 0 Å². The molecule has 2 atom stereocenters. The molecule has 3 aromatic heterocycles. The van der Waals surface area contributed by atoms with Gasteiger partial charge in [0, 0.05) is 36.9 Å². The van der Waals surface area contributed by atoms with Crippen molar-refractivity contribution in [3.05, 3.63) is 66.5 Å². The van der Waals surface area contributed by atoms with Crippen molar-refractivity contribution in [1.29, 1.82) is 0 Å². The van der Waals surface area contributed by atoms with Crippen molar-refractivity contribution in [3.63, 3.8) is 0 Å². The lowest BCUT2D eigenvalue weighted by Gasteiger charge is -2.32. The van der Waals surface area contributed by atoms with Gasteiger partial charge in [0.2, 0.25) is 0 Å². The summed E-state index contributed by atoms with van der Waals surface area (Å²) in [6, 6.07) is 5.89. The van der Waals surface area contributed by atoms with Gasteiger partial charge in [0.25, 0.3) is 10.0 Å². The van der Waals surface area contributed by atoms with Crippen molar-refractivity contribution < 1.29 is 17.9 Å². The summed E-state index contributed by atoms with van der Waals surface area (Å²) in [4.78, 5) is 4.30. The number of hydrogen-bond donors (Lipinski definition) is 0. The normalized spacial score (nSPS) is 25.7. The van der Waals surface area contributed by atoms with E-state index in [1.165, 1.54) is 3.97 Å². The van der Waals surface area contributed by atoms with Gasteiger partial charge in [-0.15, -0.1) is 0 Å². The van der Waals surface area contributed by atoms with Crippen molar-refractivity contribution in [1.82, 2.24) is 18.7 Å². The Morgan fingerprint density at radius 2 is 2.00 bits per heavy atom. The van der Waals surface area contributed by atoms with Crippen LogP contribution >= 0.6 is 22.6 Å². The van der Waals surface area contributed by atoms with Crippen molar-refractivity contribution in [3.8, 4) is 5.75 Å². The predicted molar refractivity (Wildman–Crippen MR) is 141 cm³/mol. The highest BCUT2D eigenvalue weighted by molar-refractivity contribution is 14.1. The van der Waals surface area contributed by atoms with E-state index < -0.39 is 14.8 Å². The SMILES string of the molecule is CC1(S(=O)(=O)n2ccc3cccnc32)C=CC(Oc2cn(C3CC3)nc2C2CCOCC2)=CC1I.